The second kappa shape index (κ2) is 5.85. The van der Waals surface area contributed by atoms with E-state index >= 15 is 0 Å². The molecule has 0 radical (unpaired) electrons. The molecule has 0 saturated carbocycles. The molecule has 1 unspecified atom stereocenters. The Morgan fingerprint density at radius 2 is 2.10 bits per heavy atom. The molecule has 20 heavy (non-hydrogen) atoms. The molecular formula is C12H12Cl2N2O4. The Kier molecular flexibility index (Phi) is 4.35. The van der Waals surface area contributed by atoms with E-state index in [4.69, 9.17) is 28.3 Å². The summed E-state index contributed by atoms with van der Waals surface area (Å²) in [6.07, 6.45) is 0.745. The van der Waals surface area contributed by atoms with Crippen LogP contribution in [0.4, 0.5) is 11.4 Å². The highest BCUT2D eigenvalue weighted by Gasteiger charge is 2.29. The Balaban J connectivity index is 2.27. The summed E-state index contributed by atoms with van der Waals surface area (Å²) >= 11 is 11.7. The van der Waals surface area contributed by atoms with Gasteiger partial charge >= 0.3 is 5.97 Å². The van der Waals surface area contributed by atoms with Crippen LogP contribution in [0.25, 0.3) is 0 Å². The number of hydrogen-bond acceptors (Lipinski definition) is 4. The summed E-state index contributed by atoms with van der Waals surface area (Å²) in [6.45, 7) is 1.03. The zero-order valence-corrected chi connectivity index (χ0v) is 11.9. The molecule has 0 aromatic heterocycles. The molecule has 1 atom stereocenters. The summed E-state index contributed by atoms with van der Waals surface area (Å²) in [6, 6.07) is 2.69. The molecule has 0 bridgehead atoms. The van der Waals surface area contributed by atoms with Gasteiger partial charge in [0.05, 0.1) is 15.0 Å². The first-order valence-electron chi connectivity index (χ1n) is 5.98. The van der Waals surface area contributed by atoms with E-state index in [0.29, 0.717) is 25.2 Å². The predicted octanol–water partition coefficient (Wildman–Crippen LogP) is 3.20. The summed E-state index contributed by atoms with van der Waals surface area (Å²) in [4.78, 5) is 23.1. The second-order valence-corrected chi connectivity index (χ2v) is 5.53. The van der Waals surface area contributed by atoms with E-state index in [9.17, 15) is 14.9 Å². The van der Waals surface area contributed by atoms with Crippen LogP contribution in [0.15, 0.2) is 12.1 Å². The average molecular weight is 319 g/mol. The lowest BCUT2D eigenvalue weighted by molar-refractivity contribution is -0.384. The number of rotatable bonds is 4. The smallest absolute Gasteiger partial charge is 0.303 e. The Morgan fingerprint density at radius 1 is 1.45 bits per heavy atom. The van der Waals surface area contributed by atoms with E-state index in [1.54, 1.807) is 4.90 Å². The number of hydrogen-bond donors (Lipinski definition) is 1. The van der Waals surface area contributed by atoms with Crippen LogP contribution in [0, 0.1) is 16.0 Å². The molecule has 1 aromatic rings. The van der Waals surface area contributed by atoms with Crippen molar-refractivity contribution in [3.05, 3.63) is 32.3 Å². The van der Waals surface area contributed by atoms with Crippen LogP contribution >= 0.6 is 23.2 Å². The first kappa shape index (κ1) is 14.9. The van der Waals surface area contributed by atoms with Crippen molar-refractivity contribution < 1.29 is 14.8 Å². The molecule has 1 aliphatic rings. The van der Waals surface area contributed by atoms with Crippen molar-refractivity contribution in [3.8, 4) is 0 Å². The molecule has 0 aliphatic carbocycles. The highest BCUT2D eigenvalue weighted by molar-refractivity contribution is 6.42. The fraction of sp³-hybridized carbons (Fsp3) is 0.417. The van der Waals surface area contributed by atoms with Crippen LogP contribution in [0.5, 0.6) is 0 Å². The van der Waals surface area contributed by atoms with Crippen LogP contribution in [-0.4, -0.2) is 29.1 Å². The Labute approximate surface area is 125 Å². The number of anilines is 1. The van der Waals surface area contributed by atoms with Crippen molar-refractivity contribution in [2.75, 3.05) is 18.0 Å². The number of benzene rings is 1. The molecule has 8 heteroatoms. The molecule has 108 valence electrons. The molecule has 1 saturated heterocycles. The number of nitrogens with zero attached hydrogens (tertiary/aromatic N) is 2. The molecule has 0 amide bonds. The maximum atomic E-state index is 11.1. The Hall–Kier alpha value is -1.53. The van der Waals surface area contributed by atoms with Gasteiger partial charge in [0.25, 0.3) is 5.69 Å². The van der Waals surface area contributed by atoms with E-state index in [0.717, 1.165) is 0 Å². The minimum Gasteiger partial charge on any atom is -0.481 e. The van der Waals surface area contributed by atoms with E-state index in [1.165, 1.54) is 12.1 Å². The maximum absolute atomic E-state index is 11.1. The minimum atomic E-state index is -0.861. The standard InChI is InChI=1S/C12H12Cl2N2O4/c13-8-4-10(11(16(19)20)5-9(8)14)15-2-1-7(6-15)3-12(17)18/h4-5,7H,1-3,6H2,(H,17,18). The van der Waals surface area contributed by atoms with Gasteiger partial charge in [-0.2, -0.15) is 0 Å². The molecule has 1 aliphatic heterocycles. The molecule has 1 fully saturated rings. The first-order chi connectivity index (χ1) is 9.38. The highest BCUT2D eigenvalue weighted by atomic mass is 35.5. The summed E-state index contributed by atoms with van der Waals surface area (Å²) in [5.74, 6) is -0.873. The van der Waals surface area contributed by atoms with Gasteiger partial charge < -0.3 is 10.0 Å². The van der Waals surface area contributed by atoms with Crippen molar-refractivity contribution in [2.24, 2.45) is 5.92 Å². The van der Waals surface area contributed by atoms with Crippen LogP contribution in [-0.2, 0) is 4.79 Å². The van der Waals surface area contributed by atoms with Gasteiger partial charge in [-0.3, -0.25) is 14.9 Å². The number of nitro benzene ring substituents is 1. The van der Waals surface area contributed by atoms with Crippen LogP contribution in [0.1, 0.15) is 12.8 Å². The molecule has 1 heterocycles. The number of aliphatic carboxylic acids is 1. The number of halogens is 2. The van der Waals surface area contributed by atoms with Gasteiger partial charge in [0.1, 0.15) is 5.69 Å². The zero-order valence-electron chi connectivity index (χ0n) is 10.4. The van der Waals surface area contributed by atoms with Crippen molar-refractivity contribution in [2.45, 2.75) is 12.8 Å². The summed E-state index contributed by atoms with van der Waals surface area (Å²) in [5, 5.41) is 20.2. The third-order valence-corrected chi connectivity index (χ3v) is 4.03. The number of carbonyl (C=O) groups is 1. The highest BCUT2D eigenvalue weighted by Crippen LogP contribution is 2.38. The molecule has 0 spiro atoms. The lowest BCUT2D eigenvalue weighted by Crippen LogP contribution is -2.21. The zero-order chi connectivity index (χ0) is 14.9. The van der Waals surface area contributed by atoms with Crippen molar-refractivity contribution in [1.82, 2.24) is 0 Å². The van der Waals surface area contributed by atoms with Gasteiger partial charge in [0.15, 0.2) is 0 Å². The van der Waals surface area contributed by atoms with Gasteiger partial charge in [0.2, 0.25) is 0 Å². The SMILES string of the molecule is O=C(O)CC1CCN(c2cc(Cl)c(Cl)cc2[N+](=O)[O-])C1. The van der Waals surface area contributed by atoms with Crippen molar-refractivity contribution in [1.29, 1.82) is 0 Å². The number of carboxylic acid groups (broad SMARTS) is 1. The van der Waals surface area contributed by atoms with E-state index in [-0.39, 0.29) is 28.1 Å². The van der Waals surface area contributed by atoms with Gasteiger partial charge in [-0.05, 0) is 18.4 Å². The van der Waals surface area contributed by atoms with Crippen LogP contribution in [0.3, 0.4) is 0 Å². The fourth-order valence-corrected chi connectivity index (χ4v) is 2.71. The maximum Gasteiger partial charge on any atom is 0.303 e. The van der Waals surface area contributed by atoms with E-state index in [1.807, 2.05) is 0 Å². The fourth-order valence-electron chi connectivity index (χ4n) is 2.39. The second-order valence-electron chi connectivity index (χ2n) is 4.71. The molecular weight excluding hydrogens is 307 g/mol. The summed E-state index contributed by atoms with van der Waals surface area (Å²) in [5.41, 5.74) is 0.271. The van der Waals surface area contributed by atoms with E-state index < -0.39 is 10.9 Å². The number of carboxylic acids is 1. The molecule has 1 N–H and O–H groups in total. The molecule has 6 nitrogen and oxygen atoms in total. The molecule has 1 aromatic carbocycles. The first-order valence-corrected chi connectivity index (χ1v) is 6.74. The van der Waals surface area contributed by atoms with Crippen molar-refractivity contribution >= 4 is 40.5 Å². The Morgan fingerprint density at radius 3 is 2.70 bits per heavy atom. The largest absolute Gasteiger partial charge is 0.481 e. The lowest BCUT2D eigenvalue weighted by Gasteiger charge is -2.19. The summed E-state index contributed by atoms with van der Waals surface area (Å²) < 4.78 is 0. The van der Waals surface area contributed by atoms with Crippen LogP contribution < -0.4 is 4.90 Å². The molecule has 2 rings (SSSR count). The van der Waals surface area contributed by atoms with Crippen molar-refractivity contribution in [3.63, 3.8) is 0 Å². The van der Waals surface area contributed by atoms with Gasteiger partial charge in [-0.25, -0.2) is 0 Å². The average Bonchev–Trinajstić information content (AvgIpc) is 2.79. The Bertz CT molecular complexity index is 565. The van der Waals surface area contributed by atoms with E-state index in [2.05, 4.69) is 0 Å². The monoisotopic (exact) mass is 318 g/mol. The quantitative estimate of drug-likeness (QED) is 0.680. The summed E-state index contributed by atoms with van der Waals surface area (Å²) in [7, 11) is 0. The number of nitro groups is 1. The minimum absolute atomic E-state index is 0.0124. The van der Waals surface area contributed by atoms with Gasteiger partial charge in [0, 0.05) is 25.6 Å². The van der Waals surface area contributed by atoms with Crippen LogP contribution in [0.2, 0.25) is 10.0 Å². The third-order valence-electron chi connectivity index (χ3n) is 3.30. The van der Waals surface area contributed by atoms with Gasteiger partial charge in [-0.15, -0.1) is 0 Å². The normalized spacial score (nSPS) is 18.3. The predicted molar refractivity (Wildman–Crippen MR) is 75.7 cm³/mol. The van der Waals surface area contributed by atoms with Gasteiger partial charge in [-0.1, -0.05) is 23.2 Å². The third kappa shape index (κ3) is 3.13. The topological polar surface area (TPSA) is 83.7 Å². The lowest BCUT2D eigenvalue weighted by atomic mass is 10.1.